The molecule has 0 saturated heterocycles. The Morgan fingerprint density at radius 3 is 2.52 bits per heavy atom. The smallest absolute Gasteiger partial charge is 0.144 e. The number of aromatic nitrogens is 1. The highest BCUT2D eigenvalue weighted by Gasteiger charge is 2.10. The van der Waals surface area contributed by atoms with Crippen LogP contribution in [0.15, 0.2) is 59.6 Å². The van der Waals surface area contributed by atoms with E-state index in [1.807, 2.05) is 51.3 Å². The SMILES string of the molecule is CCOc1ccccc1N=Cc1cc(C)n(-c2ccc(F)cc2)c1C. The Morgan fingerprint density at radius 2 is 1.80 bits per heavy atom. The van der Waals surface area contributed by atoms with Gasteiger partial charge in [-0.3, -0.25) is 4.99 Å². The third-order valence-corrected chi connectivity index (χ3v) is 4.06. The zero-order valence-corrected chi connectivity index (χ0v) is 14.7. The van der Waals surface area contributed by atoms with E-state index in [1.165, 1.54) is 12.1 Å². The van der Waals surface area contributed by atoms with Gasteiger partial charge in [-0.1, -0.05) is 12.1 Å². The molecule has 0 aliphatic rings. The van der Waals surface area contributed by atoms with Gasteiger partial charge in [-0.25, -0.2) is 4.39 Å². The first-order valence-corrected chi connectivity index (χ1v) is 8.31. The predicted octanol–water partition coefficient (Wildman–Crippen LogP) is 5.38. The highest BCUT2D eigenvalue weighted by Crippen LogP contribution is 2.27. The number of halogens is 1. The predicted molar refractivity (Wildman–Crippen MR) is 100 cm³/mol. The van der Waals surface area contributed by atoms with Gasteiger partial charge in [0, 0.05) is 28.9 Å². The maximum atomic E-state index is 13.2. The zero-order valence-electron chi connectivity index (χ0n) is 14.7. The number of para-hydroxylation sites is 2. The first-order chi connectivity index (χ1) is 12.1. The number of benzene rings is 2. The fraction of sp³-hybridized carbons (Fsp3) is 0.190. The van der Waals surface area contributed by atoms with Crippen LogP contribution in [0.3, 0.4) is 0 Å². The molecule has 0 saturated carbocycles. The second-order valence-corrected chi connectivity index (χ2v) is 5.80. The van der Waals surface area contributed by atoms with Gasteiger partial charge >= 0.3 is 0 Å². The Bertz CT molecular complexity index is 895. The van der Waals surface area contributed by atoms with E-state index < -0.39 is 0 Å². The summed E-state index contributed by atoms with van der Waals surface area (Å²) in [6.07, 6.45) is 1.85. The van der Waals surface area contributed by atoms with E-state index in [1.54, 1.807) is 12.1 Å². The van der Waals surface area contributed by atoms with Crippen molar-refractivity contribution < 1.29 is 9.13 Å². The first kappa shape index (κ1) is 17.0. The van der Waals surface area contributed by atoms with Crippen molar-refractivity contribution in [1.82, 2.24) is 4.57 Å². The quantitative estimate of drug-likeness (QED) is 0.574. The summed E-state index contributed by atoms with van der Waals surface area (Å²) in [6.45, 7) is 6.62. The summed E-state index contributed by atoms with van der Waals surface area (Å²) in [6, 6.07) is 16.3. The third kappa shape index (κ3) is 3.63. The van der Waals surface area contributed by atoms with E-state index in [9.17, 15) is 4.39 Å². The molecule has 3 nitrogen and oxygen atoms in total. The van der Waals surface area contributed by atoms with E-state index >= 15 is 0 Å². The highest BCUT2D eigenvalue weighted by atomic mass is 19.1. The van der Waals surface area contributed by atoms with Gasteiger partial charge in [0.2, 0.25) is 0 Å². The molecular formula is C21H21FN2O. The average Bonchev–Trinajstić information content (AvgIpc) is 2.89. The highest BCUT2D eigenvalue weighted by molar-refractivity contribution is 5.85. The molecule has 0 bridgehead atoms. The van der Waals surface area contributed by atoms with E-state index in [-0.39, 0.29) is 5.82 Å². The fourth-order valence-electron chi connectivity index (χ4n) is 2.89. The zero-order chi connectivity index (χ0) is 17.8. The number of rotatable bonds is 5. The molecule has 2 aromatic carbocycles. The van der Waals surface area contributed by atoms with E-state index in [4.69, 9.17) is 4.74 Å². The summed E-state index contributed by atoms with van der Waals surface area (Å²) in [5.74, 6) is 0.536. The summed E-state index contributed by atoms with van der Waals surface area (Å²) < 4.78 is 20.9. The van der Waals surface area contributed by atoms with Crippen LogP contribution in [0.1, 0.15) is 23.9 Å². The largest absolute Gasteiger partial charge is 0.492 e. The van der Waals surface area contributed by atoms with Crippen LogP contribution in [0.2, 0.25) is 0 Å². The normalized spacial score (nSPS) is 11.2. The molecule has 0 spiro atoms. The first-order valence-electron chi connectivity index (χ1n) is 8.31. The number of ether oxygens (including phenoxy) is 1. The molecule has 0 N–H and O–H groups in total. The van der Waals surface area contributed by atoms with Crippen molar-refractivity contribution in [2.24, 2.45) is 4.99 Å². The second-order valence-electron chi connectivity index (χ2n) is 5.80. The minimum absolute atomic E-state index is 0.236. The van der Waals surface area contributed by atoms with Gasteiger partial charge in [0.05, 0.1) is 6.61 Å². The summed E-state index contributed by atoms with van der Waals surface area (Å²) in [4.78, 5) is 4.59. The van der Waals surface area contributed by atoms with Crippen molar-refractivity contribution in [1.29, 1.82) is 0 Å². The molecule has 128 valence electrons. The monoisotopic (exact) mass is 336 g/mol. The molecule has 0 fully saturated rings. The van der Waals surface area contributed by atoms with Crippen LogP contribution in [0.5, 0.6) is 5.75 Å². The molecule has 0 unspecified atom stereocenters. The lowest BCUT2D eigenvalue weighted by Gasteiger charge is -2.09. The molecule has 0 aliphatic carbocycles. The maximum Gasteiger partial charge on any atom is 0.144 e. The summed E-state index contributed by atoms with van der Waals surface area (Å²) in [5.41, 5.74) is 4.89. The van der Waals surface area contributed by atoms with Crippen molar-refractivity contribution in [3.05, 3.63) is 77.4 Å². The lowest BCUT2D eigenvalue weighted by molar-refractivity contribution is 0.341. The topological polar surface area (TPSA) is 26.5 Å². The van der Waals surface area contributed by atoms with Crippen LogP contribution in [0, 0.1) is 19.7 Å². The number of aliphatic imine (C=N–C) groups is 1. The molecule has 1 heterocycles. The molecular weight excluding hydrogens is 315 g/mol. The molecule has 0 amide bonds. The molecule has 4 heteroatoms. The van der Waals surface area contributed by atoms with E-state index in [0.717, 1.165) is 34.1 Å². The van der Waals surface area contributed by atoms with Crippen molar-refractivity contribution in [2.75, 3.05) is 6.61 Å². The number of hydrogen-bond donors (Lipinski definition) is 0. The van der Waals surface area contributed by atoms with Gasteiger partial charge in [-0.2, -0.15) is 0 Å². The number of hydrogen-bond acceptors (Lipinski definition) is 2. The van der Waals surface area contributed by atoms with Crippen molar-refractivity contribution >= 4 is 11.9 Å². The van der Waals surface area contributed by atoms with Gasteiger partial charge in [-0.05, 0) is 63.2 Å². The molecule has 0 aliphatic heterocycles. The summed E-state index contributed by atoms with van der Waals surface area (Å²) in [7, 11) is 0. The number of aryl methyl sites for hydroxylation is 1. The van der Waals surface area contributed by atoms with Crippen LogP contribution in [-0.4, -0.2) is 17.4 Å². The second kappa shape index (κ2) is 7.34. The van der Waals surface area contributed by atoms with Crippen LogP contribution >= 0.6 is 0 Å². The Balaban J connectivity index is 1.95. The molecule has 25 heavy (non-hydrogen) atoms. The van der Waals surface area contributed by atoms with Gasteiger partial charge in [0.1, 0.15) is 17.3 Å². The lowest BCUT2D eigenvalue weighted by atomic mass is 10.2. The van der Waals surface area contributed by atoms with Crippen molar-refractivity contribution in [3.8, 4) is 11.4 Å². The van der Waals surface area contributed by atoms with Crippen LogP contribution in [-0.2, 0) is 0 Å². The number of nitrogens with zero attached hydrogens (tertiary/aromatic N) is 2. The van der Waals surface area contributed by atoms with Crippen LogP contribution in [0.25, 0.3) is 5.69 Å². The van der Waals surface area contributed by atoms with Crippen molar-refractivity contribution in [3.63, 3.8) is 0 Å². The van der Waals surface area contributed by atoms with E-state index in [0.29, 0.717) is 6.61 Å². The summed E-state index contributed by atoms with van der Waals surface area (Å²) >= 11 is 0. The van der Waals surface area contributed by atoms with Crippen LogP contribution < -0.4 is 4.74 Å². The van der Waals surface area contributed by atoms with Gasteiger partial charge < -0.3 is 9.30 Å². The molecule has 1 aromatic heterocycles. The minimum atomic E-state index is -0.236. The molecule has 3 rings (SSSR count). The fourth-order valence-corrected chi connectivity index (χ4v) is 2.89. The summed E-state index contributed by atoms with van der Waals surface area (Å²) in [5, 5.41) is 0. The van der Waals surface area contributed by atoms with Gasteiger partial charge in [-0.15, -0.1) is 0 Å². The lowest BCUT2D eigenvalue weighted by Crippen LogP contribution is -1.99. The van der Waals surface area contributed by atoms with E-state index in [2.05, 4.69) is 15.6 Å². The Kier molecular flexibility index (Phi) is 4.98. The molecule has 0 radical (unpaired) electrons. The Hall–Kier alpha value is -2.88. The van der Waals surface area contributed by atoms with Gasteiger partial charge in [0.25, 0.3) is 0 Å². The molecule has 3 aromatic rings. The van der Waals surface area contributed by atoms with Crippen LogP contribution in [0.4, 0.5) is 10.1 Å². The molecule has 0 atom stereocenters. The Morgan fingerprint density at radius 1 is 1.08 bits per heavy atom. The van der Waals surface area contributed by atoms with Crippen molar-refractivity contribution in [2.45, 2.75) is 20.8 Å². The Labute approximate surface area is 147 Å². The van der Waals surface area contributed by atoms with Gasteiger partial charge in [0.15, 0.2) is 0 Å². The standard InChI is InChI=1S/C21H21FN2O/c1-4-25-21-8-6-5-7-20(21)23-14-17-13-15(2)24(16(17)3)19-11-9-18(22)10-12-19/h5-14H,4H2,1-3H3. The minimum Gasteiger partial charge on any atom is -0.492 e. The average molecular weight is 336 g/mol. The third-order valence-electron chi connectivity index (χ3n) is 4.06. The maximum absolute atomic E-state index is 13.2.